The molecule has 0 radical (unpaired) electrons. The Morgan fingerprint density at radius 1 is 1.12 bits per heavy atom. The molecule has 1 saturated heterocycles. The highest BCUT2D eigenvalue weighted by Crippen LogP contribution is 2.46. The van der Waals surface area contributed by atoms with Crippen LogP contribution in [0.5, 0.6) is 0 Å². The summed E-state index contributed by atoms with van der Waals surface area (Å²) in [6.07, 6.45) is 3.95. The molecule has 1 saturated carbocycles. The minimum atomic E-state index is -3.04. The van der Waals surface area contributed by atoms with Gasteiger partial charge in [-0.05, 0) is 67.5 Å². The van der Waals surface area contributed by atoms with E-state index in [2.05, 4.69) is 19.7 Å². The maximum absolute atomic E-state index is 11.7. The van der Waals surface area contributed by atoms with Gasteiger partial charge in [-0.1, -0.05) is 34.4 Å². The smallest absolute Gasteiger partial charge is 0.333 e. The summed E-state index contributed by atoms with van der Waals surface area (Å²) in [6.45, 7) is 2.02. The summed E-state index contributed by atoms with van der Waals surface area (Å²) in [6, 6.07) is 10.5. The number of amides is 2. The van der Waals surface area contributed by atoms with Crippen molar-refractivity contribution in [1.29, 1.82) is 0 Å². The number of carbonyl (C=O) groups is 1. The Morgan fingerprint density at radius 2 is 1.88 bits per heavy atom. The molecule has 0 unspecified atom stereocenters. The van der Waals surface area contributed by atoms with Gasteiger partial charge in [0.1, 0.15) is 11.5 Å². The highest BCUT2D eigenvalue weighted by atomic mass is 35.5. The maximum Gasteiger partial charge on any atom is 0.333 e. The zero-order valence-corrected chi connectivity index (χ0v) is 24.3. The van der Waals surface area contributed by atoms with Gasteiger partial charge < -0.3 is 14.2 Å². The minimum Gasteiger partial charge on any atom is -0.373 e. The largest absolute Gasteiger partial charge is 0.373 e. The van der Waals surface area contributed by atoms with Crippen molar-refractivity contribution in [3.63, 3.8) is 0 Å². The molecule has 2 amide bonds. The fourth-order valence-corrected chi connectivity index (χ4v) is 6.53. The van der Waals surface area contributed by atoms with E-state index in [1.807, 2.05) is 24.3 Å². The number of thiol groups is 1. The summed E-state index contributed by atoms with van der Waals surface area (Å²) >= 11 is 14.2. The molecule has 6 rings (SSSR count). The van der Waals surface area contributed by atoms with Gasteiger partial charge >= 0.3 is 6.03 Å². The quantitative estimate of drug-likeness (QED) is 0.205. The molecule has 2 aromatic carbocycles. The number of urea groups is 1. The van der Waals surface area contributed by atoms with Gasteiger partial charge in [0.2, 0.25) is 10.9 Å². The lowest BCUT2D eigenvalue weighted by Crippen LogP contribution is -2.37. The van der Waals surface area contributed by atoms with Crippen LogP contribution in [0.2, 0.25) is 10.0 Å². The molecule has 2 N–H and O–H groups in total. The lowest BCUT2D eigenvalue weighted by atomic mass is 10.0. The van der Waals surface area contributed by atoms with Crippen LogP contribution in [0.4, 0.5) is 16.3 Å². The average molecular weight is 623 g/mol. The number of carbonyl (C=O) groups excluding carboxylic acids is 1. The van der Waals surface area contributed by atoms with Gasteiger partial charge in [-0.15, -0.1) is 0 Å². The molecule has 2 aromatic heterocycles. The second-order valence-electron chi connectivity index (χ2n) is 9.78. The molecule has 4 aromatic rings. The normalized spacial score (nSPS) is 16.1. The Bertz CT molecular complexity index is 1620. The lowest BCUT2D eigenvalue weighted by Gasteiger charge is -2.33. The van der Waals surface area contributed by atoms with E-state index in [0.717, 1.165) is 65.9 Å². The van der Waals surface area contributed by atoms with Crippen LogP contribution in [-0.4, -0.2) is 43.2 Å². The summed E-state index contributed by atoms with van der Waals surface area (Å²) in [5.74, 6) is 1.56. The molecule has 0 atom stereocenters. The van der Waals surface area contributed by atoms with E-state index in [4.69, 9.17) is 32.5 Å². The van der Waals surface area contributed by atoms with Gasteiger partial charge in [0.25, 0.3) is 0 Å². The second kappa shape index (κ2) is 11.5. The van der Waals surface area contributed by atoms with Gasteiger partial charge in [0.15, 0.2) is 5.82 Å². The molecule has 2 aliphatic rings. The van der Waals surface area contributed by atoms with Crippen molar-refractivity contribution in [2.75, 3.05) is 23.3 Å². The van der Waals surface area contributed by atoms with E-state index in [9.17, 15) is 13.2 Å². The summed E-state index contributed by atoms with van der Waals surface area (Å²) < 4.78 is 40.5. The van der Waals surface area contributed by atoms with Crippen LogP contribution >= 0.6 is 34.7 Å². The van der Waals surface area contributed by atoms with Crippen LogP contribution in [0, 0.1) is 0 Å². The topological polar surface area (TPSA) is 127 Å². The molecule has 1 aliphatic carbocycles. The number of nitrogens with zero attached hydrogens (tertiary/aromatic N) is 3. The number of halogens is 2. The first-order chi connectivity index (χ1) is 19.4. The van der Waals surface area contributed by atoms with Crippen LogP contribution in [0.1, 0.15) is 42.9 Å². The highest BCUT2D eigenvalue weighted by molar-refractivity contribution is 7.71. The van der Waals surface area contributed by atoms with Crippen molar-refractivity contribution in [2.24, 2.45) is 0 Å². The zero-order valence-electron chi connectivity index (χ0n) is 21.1. The number of hydrogen-bond donors (Lipinski definition) is 3. The van der Waals surface area contributed by atoms with Crippen LogP contribution < -0.4 is 14.9 Å². The Labute approximate surface area is 245 Å². The Balaban J connectivity index is 1.10. The third kappa shape index (κ3) is 5.77. The van der Waals surface area contributed by atoms with Crippen LogP contribution in [0.3, 0.4) is 0 Å². The number of rotatable bonds is 8. The van der Waals surface area contributed by atoms with Crippen LogP contribution in [-0.2, 0) is 22.2 Å². The fourth-order valence-electron chi connectivity index (χ4n) is 4.96. The molecule has 10 nitrogen and oxygen atoms in total. The van der Waals surface area contributed by atoms with Crippen LogP contribution in [0.25, 0.3) is 21.3 Å². The number of piperidine rings is 1. The molecular weight excluding hydrogens is 597 g/mol. The minimum absolute atomic E-state index is 0.0849. The van der Waals surface area contributed by atoms with Crippen molar-refractivity contribution in [3.05, 3.63) is 57.8 Å². The van der Waals surface area contributed by atoms with Crippen molar-refractivity contribution in [1.82, 2.24) is 14.3 Å². The monoisotopic (exact) mass is 621 g/mol. The third-order valence-electron chi connectivity index (χ3n) is 7.12. The SMILES string of the molecule is O=C(Nc1nsc2cc(N3CCC(OCc4c(-c5c(Cl)cccc5Cl)noc4C4CC4)CC3)ccc12)N[SH](=O)=O. The second-order valence-corrected chi connectivity index (χ2v) is 12.1. The van der Waals surface area contributed by atoms with Gasteiger partial charge in [0.05, 0.1) is 27.5 Å². The summed E-state index contributed by atoms with van der Waals surface area (Å²) in [5, 5.41) is 8.63. The number of aromatic nitrogens is 2. The van der Waals surface area contributed by atoms with E-state index in [-0.39, 0.29) is 6.10 Å². The fraction of sp³-hybridized carbons (Fsp3) is 0.346. The third-order valence-corrected chi connectivity index (χ3v) is 8.94. The predicted octanol–water partition coefficient (Wildman–Crippen LogP) is 5.97. The molecule has 14 heteroatoms. The number of nitrogens with one attached hydrogen (secondary N) is 2. The molecule has 3 heterocycles. The first kappa shape index (κ1) is 27.3. The van der Waals surface area contributed by atoms with Gasteiger partial charge in [-0.25, -0.2) is 17.9 Å². The van der Waals surface area contributed by atoms with Crippen molar-refractivity contribution < 1.29 is 22.5 Å². The molecule has 0 spiro atoms. The number of ether oxygens (including phenoxy) is 1. The van der Waals surface area contributed by atoms with E-state index in [1.54, 1.807) is 16.9 Å². The molecule has 2 fully saturated rings. The Morgan fingerprint density at radius 3 is 2.58 bits per heavy atom. The predicted molar refractivity (Wildman–Crippen MR) is 156 cm³/mol. The molecular formula is C26H25Cl2N5O5S2. The zero-order chi connectivity index (χ0) is 27.8. The lowest BCUT2D eigenvalue weighted by molar-refractivity contribution is 0.0246. The van der Waals surface area contributed by atoms with Crippen LogP contribution in [0.15, 0.2) is 40.9 Å². The van der Waals surface area contributed by atoms with Crippen molar-refractivity contribution in [3.8, 4) is 11.3 Å². The first-order valence-corrected chi connectivity index (χ1v) is 15.5. The summed E-state index contributed by atoms with van der Waals surface area (Å²) in [5.41, 5.74) is 3.31. The Hall–Kier alpha value is -2.90. The molecule has 210 valence electrons. The first-order valence-electron chi connectivity index (χ1n) is 12.8. The van der Waals surface area contributed by atoms with Crippen molar-refractivity contribution >= 4 is 73.2 Å². The maximum atomic E-state index is 11.7. The van der Waals surface area contributed by atoms with Gasteiger partial charge in [-0.2, -0.15) is 4.37 Å². The van der Waals surface area contributed by atoms with E-state index < -0.39 is 16.9 Å². The number of fused-ring (bicyclic) bond motifs is 1. The number of anilines is 2. The van der Waals surface area contributed by atoms with Gasteiger partial charge in [0, 0.05) is 41.2 Å². The standard InChI is InChI=1S/C26H25Cl2N5O5S2/c27-19-2-1-3-20(28)22(19)23-18(24(38-30-23)14-4-5-14)13-37-16-8-10-33(11-9-16)15-6-7-17-21(12-15)39-31-25(17)29-26(34)32-40(35)36/h1-3,6-7,12,14,16,40H,4-5,8-11,13H2,(H2,29,31,32,34,35,36). The summed E-state index contributed by atoms with van der Waals surface area (Å²) in [7, 11) is -3.04. The van der Waals surface area contributed by atoms with Gasteiger partial charge in [-0.3, -0.25) is 5.32 Å². The number of benzene rings is 2. The molecule has 40 heavy (non-hydrogen) atoms. The van der Waals surface area contributed by atoms with E-state index in [1.165, 1.54) is 11.5 Å². The highest BCUT2D eigenvalue weighted by Gasteiger charge is 2.34. The van der Waals surface area contributed by atoms with Crippen molar-refractivity contribution in [2.45, 2.75) is 44.3 Å². The van der Waals surface area contributed by atoms with E-state index >= 15 is 0 Å². The molecule has 0 bridgehead atoms. The average Bonchev–Trinajstić information content (AvgIpc) is 3.58. The number of hydrogen-bond acceptors (Lipinski definition) is 9. The Kier molecular flexibility index (Phi) is 7.87. The summed E-state index contributed by atoms with van der Waals surface area (Å²) in [4.78, 5) is 14.0. The molecule has 1 aliphatic heterocycles. The van der Waals surface area contributed by atoms with E-state index in [0.29, 0.717) is 39.6 Å².